The van der Waals surface area contributed by atoms with Crippen molar-refractivity contribution < 1.29 is 24.2 Å². The molecule has 3 unspecified atom stereocenters. The molecule has 3 atom stereocenters. The third-order valence-corrected chi connectivity index (χ3v) is 7.48. The number of fused-ring (bicyclic) bond motifs is 3. The van der Waals surface area contributed by atoms with Gasteiger partial charge in [-0.1, -0.05) is 48.5 Å². The Kier molecular flexibility index (Phi) is 7.73. The van der Waals surface area contributed by atoms with Gasteiger partial charge in [-0.25, -0.2) is 9.59 Å². The van der Waals surface area contributed by atoms with Crippen molar-refractivity contribution in [2.45, 2.75) is 51.5 Å². The number of alkyl carbamates (subject to hydrolysis) is 1. The van der Waals surface area contributed by atoms with Gasteiger partial charge in [-0.3, -0.25) is 4.79 Å². The number of hydrogen-bond donors (Lipinski definition) is 2. The molecule has 0 spiro atoms. The Morgan fingerprint density at radius 3 is 2.23 bits per heavy atom. The van der Waals surface area contributed by atoms with Crippen LogP contribution >= 0.6 is 0 Å². The van der Waals surface area contributed by atoms with E-state index in [0.717, 1.165) is 19.3 Å². The zero-order valence-electron chi connectivity index (χ0n) is 20.4. The fourth-order valence-corrected chi connectivity index (χ4v) is 5.59. The Hall–Kier alpha value is -3.35. The highest BCUT2D eigenvalue weighted by Crippen LogP contribution is 2.44. The second-order valence-electron chi connectivity index (χ2n) is 9.65. The van der Waals surface area contributed by atoms with Gasteiger partial charge in [-0.15, -0.1) is 0 Å². The molecule has 4 rings (SSSR count). The van der Waals surface area contributed by atoms with Gasteiger partial charge in [-0.05, 0) is 67.2 Å². The molecule has 1 saturated carbocycles. The minimum absolute atomic E-state index is 0.0322. The van der Waals surface area contributed by atoms with E-state index in [0.29, 0.717) is 25.4 Å². The lowest BCUT2D eigenvalue weighted by molar-refractivity contribution is -0.149. The molecule has 2 aliphatic rings. The van der Waals surface area contributed by atoms with E-state index in [-0.39, 0.29) is 24.3 Å². The van der Waals surface area contributed by atoms with Gasteiger partial charge >= 0.3 is 12.1 Å². The average molecular weight is 479 g/mol. The number of ether oxygens (including phenoxy) is 1. The lowest BCUT2D eigenvalue weighted by Gasteiger charge is -2.26. The van der Waals surface area contributed by atoms with Crippen molar-refractivity contribution in [2.75, 3.05) is 19.7 Å². The lowest BCUT2D eigenvalue weighted by atomic mass is 9.98. The largest absolute Gasteiger partial charge is 0.480 e. The minimum atomic E-state index is -0.989. The number of aliphatic carboxylic acids is 1. The summed E-state index contributed by atoms with van der Waals surface area (Å²) in [5.74, 6) is -0.564. The van der Waals surface area contributed by atoms with E-state index in [1.54, 1.807) is 13.8 Å². The van der Waals surface area contributed by atoms with Crippen LogP contribution in [0.15, 0.2) is 48.5 Å². The van der Waals surface area contributed by atoms with E-state index < -0.39 is 18.1 Å². The molecule has 0 saturated heterocycles. The summed E-state index contributed by atoms with van der Waals surface area (Å²) >= 11 is 0. The second kappa shape index (κ2) is 10.9. The number of likely N-dealkylation sites (N-methyl/N-ethyl adjacent to an activating group) is 1. The molecule has 1 fully saturated rings. The van der Waals surface area contributed by atoms with Crippen molar-refractivity contribution in [1.82, 2.24) is 10.2 Å². The highest BCUT2D eigenvalue weighted by molar-refractivity contribution is 5.83. The van der Waals surface area contributed by atoms with Crippen molar-refractivity contribution in [2.24, 2.45) is 11.8 Å². The first-order valence-electron chi connectivity index (χ1n) is 12.5. The van der Waals surface area contributed by atoms with Gasteiger partial charge in [0.1, 0.15) is 12.6 Å². The summed E-state index contributed by atoms with van der Waals surface area (Å²) in [7, 11) is 0. The Morgan fingerprint density at radius 1 is 1.03 bits per heavy atom. The summed E-state index contributed by atoms with van der Waals surface area (Å²) in [4.78, 5) is 37.7. The molecule has 2 N–H and O–H groups in total. The highest BCUT2D eigenvalue weighted by atomic mass is 16.5. The van der Waals surface area contributed by atoms with Crippen molar-refractivity contribution >= 4 is 18.0 Å². The lowest BCUT2D eigenvalue weighted by Crippen LogP contribution is -2.43. The smallest absolute Gasteiger partial charge is 0.407 e. The van der Waals surface area contributed by atoms with Crippen LogP contribution in [-0.4, -0.2) is 53.7 Å². The van der Waals surface area contributed by atoms with Crippen LogP contribution in [0.1, 0.15) is 56.6 Å². The predicted molar refractivity (Wildman–Crippen MR) is 133 cm³/mol. The zero-order valence-corrected chi connectivity index (χ0v) is 20.4. The molecule has 2 aromatic rings. The van der Waals surface area contributed by atoms with Crippen LogP contribution in [0, 0.1) is 11.8 Å². The standard InChI is InChI=1S/C28H34N2O5/c1-3-30(18(2)27(32)33)26(31)15-19-12-13-20(14-19)16-29-28(34)35-17-25-23-10-6-4-8-21(23)22-9-5-7-11-24(22)25/h4-11,18-20,25H,3,12-17H2,1-2H3,(H,29,34)(H,32,33). The first-order valence-corrected chi connectivity index (χ1v) is 12.5. The minimum Gasteiger partial charge on any atom is -0.480 e. The Labute approximate surface area is 206 Å². The normalized spacial score (nSPS) is 19.5. The van der Waals surface area contributed by atoms with E-state index in [2.05, 4.69) is 29.6 Å². The quantitative estimate of drug-likeness (QED) is 0.547. The number of carbonyl (C=O) groups excluding carboxylic acids is 2. The molecule has 2 amide bonds. The molecular formula is C28H34N2O5. The van der Waals surface area contributed by atoms with Gasteiger partial charge in [0, 0.05) is 25.4 Å². The number of nitrogens with one attached hydrogen (secondary N) is 1. The van der Waals surface area contributed by atoms with Crippen LogP contribution in [0.3, 0.4) is 0 Å². The Balaban J connectivity index is 1.23. The molecule has 0 bridgehead atoms. The average Bonchev–Trinajstić information content (AvgIpc) is 3.43. The van der Waals surface area contributed by atoms with Crippen LogP contribution in [0.4, 0.5) is 4.79 Å². The fraction of sp³-hybridized carbons (Fsp3) is 0.464. The third kappa shape index (κ3) is 5.50. The van der Waals surface area contributed by atoms with Gasteiger partial charge in [0.25, 0.3) is 0 Å². The maximum Gasteiger partial charge on any atom is 0.407 e. The van der Waals surface area contributed by atoms with Crippen molar-refractivity contribution in [3.8, 4) is 11.1 Å². The Morgan fingerprint density at radius 2 is 1.63 bits per heavy atom. The van der Waals surface area contributed by atoms with E-state index in [9.17, 15) is 19.5 Å². The van der Waals surface area contributed by atoms with Crippen molar-refractivity contribution in [1.29, 1.82) is 0 Å². The molecule has 0 heterocycles. The zero-order chi connectivity index (χ0) is 24.9. The van der Waals surface area contributed by atoms with Gasteiger partial charge in [0.05, 0.1) is 0 Å². The summed E-state index contributed by atoms with van der Waals surface area (Å²) in [5.41, 5.74) is 4.76. The number of benzene rings is 2. The van der Waals surface area contributed by atoms with E-state index in [1.807, 2.05) is 24.3 Å². The number of hydrogen-bond acceptors (Lipinski definition) is 4. The molecule has 2 aliphatic carbocycles. The van der Waals surface area contributed by atoms with Crippen molar-refractivity contribution in [3.05, 3.63) is 59.7 Å². The van der Waals surface area contributed by atoms with Crippen LogP contribution in [0.2, 0.25) is 0 Å². The summed E-state index contributed by atoms with van der Waals surface area (Å²) in [6.45, 7) is 4.53. The summed E-state index contributed by atoms with van der Waals surface area (Å²) < 4.78 is 5.62. The number of rotatable bonds is 9. The maximum absolute atomic E-state index is 12.6. The highest BCUT2D eigenvalue weighted by Gasteiger charge is 2.32. The second-order valence-corrected chi connectivity index (χ2v) is 9.65. The van der Waals surface area contributed by atoms with E-state index >= 15 is 0 Å². The molecule has 0 aliphatic heterocycles. The van der Waals surface area contributed by atoms with E-state index in [4.69, 9.17) is 4.74 Å². The van der Waals surface area contributed by atoms with Crippen molar-refractivity contribution in [3.63, 3.8) is 0 Å². The number of carboxylic acids is 1. The van der Waals surface area contributed by atoms with Gasteiger partial charge < -0.3 is 20.1 Å². The fourth-order valence-electron chi connectivity index (χ4n) is 5.59. The van der Waals surface area contributed by atoms with Gasteiger partial charge in [-0.2, -0.15) is 0 Å². The molecule has 2 aromatic carbocycles. The van der Waals surface area contributed by atoms with Crippen LogP contribution < -0.4 is 5.32 Å². The maximum atomic E-state index is 12.6. The number of carbonyl (C=O) groups is 3. The monoisotopic (exact) mass is 478 g/mol. The Bertz CT molecular complexity index is 1040. The molecule has 35 heavy (non-hydrogen) atoms. The molecule has 0 aromatic heterocycles. The summed E-state index contributed by atoms with van der Waals surface area (Å²) in [6, 6.07) is 15.7. The topological polar surface area (TPSA) is 95.9 Å². The van der Waals surface area contributed by atoms with Gasteiger partial charge in [0.15, 0.2) is 0 Å². The van der Waals surface area contributed by atoms with Crippen LogP contribution in [0.25, 0.3) is 11.1 Å². The summed E-state index contributed by atoms with van der Waals surface area (Å²) in [5, 5.41) is 12.1. The van der Waals surface area contributed by atoms with Crippen LogP contribution in [0.5, 0.6) is 0 Å². The molecular weight excluding hydrogens is 444 g/mol. The van der Waals surface area contributed by atoms with E-state index in [1.165, 1.54) is 27.2 Å². The molecule has 7 heteroatoms. The number of nitrogens with zero attached hydrogens (tertiary/aromatic N) is 1. The predicted octanol–water partition coefficient (Wildman–Crippen LogP) is 4.65. The van der Waals surface area contributed by atoms with Gasteiger partial charge in [0.2, 0.25) is 5.91 Å². The molecule has 7 nitrogen and oxygen atoms in total. The van der Waals surface area contributed by atoms with Crippen LogP contribution in [-0.2, 0) is 14.3 Å². The number of amides is 2. The third-order valence-electron chi connectivity index (χ3n) is 7.48. The first-order chi connectivity index (χ1) is 16.9. The number of carboxylic acid groups (broad SMARTS) is 1. The first kappa shape index (κ1) is 24.8. The molecule has 186 valence electrons. The summed E-state index contributed by atoms with van der Waals surface area (Å²) in [6.07, 6.45) is 2.62. The molecule has 0 radical (unpaired) electrons. The SMILES string of the molecule is CCN(C(=O)CC1CCC(CNC(=O)OCC2c3ccccc3-c3ccccc32)C1)C(C)C(=O)O.